The highest BCUT2D eigenvalue weighted by molar-refractivity contribution is 5.42. The van der Waals surface area contributed by atoms with E-state index in [1.165, 1.54) is 6.20 Å². The highest BCUT2D eigenvalue weighted by Crippen LogP contribution is 2.30. The third-order valence-electron chi connectivity index (χ3n) is 2.74. The van der Waals surface area contributed by atoms with Gasteiger partial charge in [0, 0.05) is 26.3 Å². The third kappa shape index (κ3) is 2.11. The van der Waals surface area contributed by atoms with Gasteiger partial charge in [-0.25, -0.2) is 4.98 Å². The number of rotatable bonds is 2. The van der Waals surface area contributed by atoms with E-state index in [1.54, 1.807) is 11.9 Å². The number of hydrogen-bond acceptors (Lipinski definition) is 3. The summed E-state index contributed by atoms with van der Waals surface area (Å²) in [7, 11) is 1.76. The van der Waals surface area contributed by atoms with E-state index in [0.717, 1.165) is 25.2 Å². The quantitative estimate of drug-likeness (QED) is 0.836. The van der Waals surface area contributed by atoms with Crippen LogP contribution in [0.4, 0.5) is 19.0 Å². The van der Waals surface area contributed by atoms with Crippen LogP contribution in [0.1, 0.15) is 5.56 Å². The van der Waals surface area contributed by atoms with Gasteiger partial charge in [0.1, 0.15) is 5.82 Å². The number of nitrogens with one attached hydrogen (secondary N) is 1. The van der Waals surface area contributed by atoms with Gasteiger partial charge in [0.05, 0.1) is 11.6 Å². The lowest BCUT2D eigenvalue weighted by Crippen LogP contribution is -2.56. The molecule has 6 heteroatoms. The maximum atomic E-state index is 12.5. The van der Waals surface area contributed by atoms with Gasteiger partial charge in [0.2, 0.25) is 0 Å². The van der Waals surface area contributed by atoms with Gasteiger partial charge in [0.25, 0.3) is 0 Å². The molecule has 0 spiro atoms. The summed E-state index contributed by atoms with van der Waals surface area (Å²) in [5.74, 6) is 0.362. The molecular formula is C10H12F3N3. The zero-order valence-electron chi connectivity index (χ0n) is 8.75. The molecule has 1 N–H and O–H groups in total. The van der Waals surface area contributed by atoms with Crippen LogP contribution in [-0.2, 0) is 6.18 Å². The highest BCUT2D eigenvalue weighted by Gasteiger charge is 2.31. The standard InChI is InChI=1S/C10H12F3N3/c1-16(8-5-14-6-8)9-4-7(2-3-15-9)10(11,12)13/h2-4,8,14H,5-6H2,1H3. The zero-order valence-corrected chi connectivity index (χ0v) is 8.75. The minimum Gasteiger partial charge on any atom is -0.354 e. The van der Waals surface area contributed by atoms with Crippen LogP contribution < -0.4 is 10.2 Å². The van der Waals surface area contributed by atoms with E-state index in [1.807, 2.05) is 0 Å². The van der Waals surface area contributed by atoms with E-state index in [9.17, 15) is 13.2 Å². The van der Waals surface area contributed by atoms with Crippen molar-refractivity contribution in [1.82, 2.24) is 10.3 Å². The van der Waals surface area contributed by atoms with Gasteiger partial charge in [0.15, 0.2) is 0 Å². The van der Waals surface area contributed by atoms with Crippen molar-refractivity contribution < 1.29 is 13.2 Å². The van der Waals surface area contributed by atoms with E-state index in [-0.39, 0.29) is 6.04 Å². The molecule has 0 aliphatic carbocycles. The Balaban J connectivity index is 2.21. The molecule has 2 rings (SSSR count). The number of likely N-dealkylation sites (N-methyl/N-ethyl adjacent to an activating group) is 1. The van der Waals surface area contributed by atoms with E-state index < -0.39 is 11.7 Å². The van der Waals surface area contributed by atoms with Gasteiger partial charge in [-0.2, -0.15) is 13.2 Å². The molecule has 0 aromatic carbocycles. The molecule has 0 unspecified atom stereocenters. The normalized spacial score (nSPS) is 17.0. The Labute approximate surface area is 91.3 Å². The summed E-state index contributed by atoms with van der Waals surface area (Å²) < 4.78 is 37.4. The lowest BCUT2D eigenvalue weighted by Gasteiger charge is -2.36. The maximum Gasteiger partial charge on any atom is 0.416 e. The topological polar surface area (TPSA) is 28.2 Å². The molecule has 0 bridgehead atoms. The first-order valence-electron chi connectivity index (χ1n) is 4.95. The fourth-order valence-electron chi connectivity index (χ4n) is 1.52. The molecule has 1 aliphatic heterocycles. The van der Waals surface area contributed by atoms with Crippen LogP contribution in [0.25, 0.3) is 0 Å². The van der Waals surface area contributed by atoms with Crippen molar-refractivity contribution in [3.63, 3.8) is 0 Å². The number of hydrogen-bond donors (Lipinski definition) is 1. The van der Waals surface area contributed by atoms with Gasteiger partial charge in [-0.05, 0) is 12.1 Å². The molecule has 1 aromatic heterocycles. The molecule has 0 amide bonds. The molecule has 1 aromatic rings. The molecule has 3 nitrogen and oxygen atoms in total. The highest BCUT2D eigenvalue weighted by atomic mass is 19.4. The Bertz CT molecular complexity index is 374. The summed E-state index contributed by atoms with van der Waals surface area (Å²) in [6.07, 6.45) is -3.11. The summed E-state index contributed by atoms with van der Waals surface area (Å²) in [5.41, 5.74) is -0.656. The summed E-state index contributed by atoms with van der Waals surface area (Å²) in [5, 5.41) is 3.07. The van der Waals surface area contributed by atoms with Crippen molar-refractivity contribution in [3.05, 3.63) is 23.9 Å². The Morgan fingerprint density at radius 2 is 2.12 bits per heavy atom. The lowest BCUT2D eigenvalue weighted by molar-refractivity contribution is -0.137. The fourth-order valence-corrected chi connectivity index (χ4v) is 1.52. The molecule has 0 radical (unpaired) electrons. The third-order valence-corrected chi connectivity index (χ3v) is 2.74. The van der Waals surface area contributed by atoms with Crippen molar-refractivity contribution >= 4 is 5.82 Å². The average Bonchev–Trinajstić information content (AvgIpc) is 2.14. The minimum atomic E-state index is -4.31. The van der Waals surface area contributed by atoms with Gasteiger partial charge >= 0.3 is 6.18 Å². The minimum absolute atomic E-state index is 0.232. The van der Waals surface area contributed by atoms with Crippen LogP contribution in [0.15, 0.2) is 18.3 Å². The largest absolute Gasteiger partial charge is 0.416 e. The fraction of sp³-hybridized carbons (Fsp3) is 0.500. The van der Waals surface area contributed by atoms with Crippen LogP contribution in [0, 0.1) is 0 Å². The first-order chi connectivity index (χ1) is 7.48. The molecular weight excluding hydrogens is 219 g/mol. The van der Waals surface area contributed by atoms with Gasteiger partial charge in [-0.1, -0.05) is 0 Å². The SMILES string of the molecule is CN(c1cc(C(F)(F)F)ccn1)C1CNC1. The van der Waals surface area contributed by atoms with Gasteiger partial charge in [-0.15, -0.1) is 0 Å². The van der Waals surface area contributed by atoms with Crippen molar-refractivity contribution in [2.24, 2.45) is 0 Å². The number of nitrogens with zero attached hydrogens (tertiary/aromatic N) is 2. The van der Waals surface area contributed by atoms with Crippen molar-refractivity contribution in [1.29, 1.82) is 0 Å². The van der Waals surface area contributed by atoms with Crippen LogP contribution in [0.3, 0.4) is 0 Å². The Kier molecular flexibility index (Phi) is 2.75. The smallest absolute Gasteiger partial charge is 0.354 e. The molecule has 88 valence electrons. The van der Waals surface area contributed by atoms with Crippen molar-refractivity contribution in [3.8, 4) is 0 Å². The second-order valence-corrected chi connectivity index (χ2v) is 3.82. The summed E-state index contributed by atoms with van der Waals surface area (Å²) in [6, 6.07) is 2.30. The van der Waals surface area contributed by atoms with E-state index in [4.69, 9.17) is 0 Å². The predicted octanol–water partition coefficient (Wildman–Crippen LogP) is 1.51. The van der Waals surface area contributed by atoms with Crippen molar-refractivity contribution in [2.45, 2.75) is 12.2 Å². The molecule has 1 aliphatic rings. The van der Waals surface area contributed by atoms with Crippen molar-refractivity contribution in [2.75, 3.05) is 25.0 Å². The molecule has 1 saturated heterocycles. The molecule has 0 saturated carbocycles. The Morgan fingerprint density at radius 3 is 2.62 bits per heavy atom. The molecule has 1 fully saturated rings. The lowest BCUT2D eigenvalue weighted by atomic mass is 10.1. The number of aromatic nitrogens is 1. The second-order valence-electron chi connectivity index (χ2n) is 3.82. The van der Waals surface area contributed by atoms with Crippen LogP contribution >= 0.6 is 0 Å². The van der Waals surface area contributed by atoms with Crippen LogP contribution in [0.5, 0.6) is 0 Å². The molecule has 0 atom stereocenters. The number of halogens is 3. The number of anilines is 1. The summed E-state index contributed by atoms with van der Waals surface area (Å²) in [4.78, 5) is 5.72. The van der Waals surface area contributed by atoms with Gasteiger partial charge < -0.3 is 10.2 Å². The first-order valence-corrected chi connectivity index (χ1v) is 4.95. The summed E-state index contributed by atoms with van der Waals surface area (Å²) >= 11 is 0. The van der Waals surface area contributed by atoms with E-state index in [2.05, 4.69) is 10.3 Å². The molecule has 2 heterocycles. The first kappa shape index (κ1) is 11.2. The Hall–Kier alpha value is -1.30. The van der Waals surface area contributed by atoms with Crippen LogP contribution in [-0.4, -0.2) is 31.2 Å². The summed E-state index contributed by atoms with van der Waals surface area (Å²) in [6.45, 7) is 1.57. The van der Waals surface area contributed by atoms with E-state index in [0.29, 0.717) is 5.82 Å². The number of pyridine rings is 1. The van der Waals surface area contributed by atoms with E-state index >= 15 is 0 Å². The monoisotopic (exact) mass is 231 g/mol. The van der Waals surface area contributed by atoms with Gasteiger partial charge in [-0.3, -0.25) is 0 Å². The average molecular weight is 231 g/mol. The Morgan fingerprint density at radius 1 is 1.44 bits per heavy atom. The molecule has 16 heavy (non-hydrogen) atoms. The number of alkyl halides is 3. The van der Waals surface area contributed by atoms with Crippen LogP contribution in [0.2, 0.25) is 0 Å². The predicted molar refractivity (Wildman–Crippen MR) is 54.3 cm³/mol. The second kappa shape index (κ2) is 3.93. The maximum absolute atomic E-state index is 12.5. The zero-order chi connectivity index (χ0) is 11.8.